The first-order chi connectivity index (χ1) is 12.6. The van der Waals surface area contributed by atoms with E-state index in [4.69, 9.17) is 15.2 Å². The highest BCUT2D eigenvalue weighted by molar-refractivity contribution is 5.92. The number of guanidine groups is 1. The zero-order chi connectivity index (χ0) is 18.4. The molecule has 6 nitrogen and oxygen atoms in total. The number of nitrogens with one attached hydrogen (secondary N) is 1. The highest BCUT2D eigenvalue weighted by Gasteiger charge is 2.32. The number of aliphatic imine (C=N–C) groups is 1. The SMILES string of the molecule is CN(C)C1(CN=C(N)Nc2ccc3c(c2)OCCCO3)CCCCCC1. The van der Waals surface area contributed by atoms with Gasteiger partial charge in [-0.2, -0.15) is 0 Å². The monoisotopic (exact) mass is 360 g/mol. The molecule has 0 saturated heterocycles. The molecule has 2 aliphatic rings. The Kier molecular flexibility index (Phi) is 6.25. The van der Waals surface area contributed by atoms with Crippen molar-refractivity contribution >= 4 is 11.6 Å². The van der Waals surface area contributed by atoms with E-state index in [0.29, 0.717) is 19.2 Å². The van der Waals surface area contributed by atoms with Gasteiger partial charge in [-0.25, -0.2) is 0 Å². The van der Waals surface area contributed by atoms with Crippen LogP contribution < -0.4 is 20.5 Å². The second-order valence-corrected chi connectivity index (χ2v) is 7.57. The van der Waals surface area contributed by atoms with E-state index in [1.165, 1.54) is 38.5 Å². The lowest BCUT2D eigenvalue weighted by Gasteiger charge is -2.38. The summed E-state index contributed by atoms with van der Waals surface area (Å²) >= 11 is 0. The predicted molar refractivity (Wildman–Crippen MR) is 106 cm³/mol. The Morgan fingerprint density at radius 3 is 2.46 bits per heavy atom. The summed E-state index contributed by atoms with van der Waals surface area (Å²) in [6.45, 7) is 2.09. The molecule has 0 atom stereocenters. The first kappa shape index (κ1) is 18.8. The molecule has 0 bridgehead atoms. The predicted octanol–water partition coefficient (Wildman–Crippen LogP) is 3.23. The number of rotatable bonds is 4. The summed E-state index contributed by atoms with van der Waals surface area (Å²) in [5, 5.41) is 3.20. The van der Waals surface area contributed by atoms with E-state index in [1.54, 1.807) is 0 Å². The van der Waals surface area contributed by atoms with Gasteiger partial charge in [0, 0.05) is 23.7 Å². The molecule has 1 aliphatic carbocycles. The van der Waals surface area contributed by atoms with Gasteiger partial charge in [0.15, 0.2) is 17.5 Å². The zero-order valence-corrected chi connectivity index (χ0v) is 16.1. The minimum absolute atomic E-state index is 0.119. The van der Waals surface area contributed by atoms with Gasteiger partial charge in [0.25, 0.3) is 0 Å². The summed E-state index contributed by atoms with van der Waals surface area (Å²) < 4.78 is 11.4. The molecule has 0 aromatic heterocycles. The summed E-state index contributed by atoms with van der Waals surface area (Å²) in [5.74, 6) is 1.99. The Morgan fingerprint density at radius 2 is 1.77 bits per heavy atom. The van der Waals surface area contributed by atoms with Gasteiger partial charge in [0.2, 0.25) is 0 Å². The zero-order valence-electron chi connectivity index (χ0n) is 16.1. The van der Waals surface area contributed by atoms with Crippen LogP contribution in [0.4, 0.5) is 5.69 Å². The molecule has 1 aromatic carbocycles. The topological polar surface area (TPSA) is 72.1 Å². The summed E-state index contributed by atoms with van der Waals surface area (Å²) in [5.41, 5.74) is 7.17. The van der Waals surface area contributed by atoms with Crippen LogP contribution in [-0.4, -0.2) is 50.3 Å². The van der Waals surface area contributed by atoms with E-state index in [-0.39, 0.29) is 5.54 Å². The smallest absolute Gasteiger partial charge is 0.193 e. The molecule has 0 spiro atoms. The molecular formula is C20H32N4O2. The lowest BCUT2D eigenvalue weighted by atomic mass is 9.89. The fourth-order valence-corrected chi connectivity index (χ4v) is 3.79. The molecule has 0 unspecified atom stereocenters. The second kappa shape index (κ2) is 8.62. The molecule has 144 valence electrons. The largest absolute Gasteiger partial charge is 0.490 e. The fourth-order valence-electron chi connectivity index (χ4n) is 3.79. The van der Waals surface area contributed by atoms with Gasteiger partial charge in [0.1, 0.15) is 0 Å². The molecule has 0 amide bonds. The van der Waals surface area contributed by atoms with Crippen molar-refractivity contribution < 1.29 is 9.47 Å². The average Bonchev–Trinajstić information content (AvgIpc) is 3.01. The number of benzene rings is 1. The number of hydrogen-bond acceptors (Lipinski definition) is 4. The van der Waals surface area contributed by atoms with Gasteiger partial charge in [-0.1, -0.05) is 25.7 Å². The average molecular weight is 361 g/mol. The molecule has 1 fully saturated rings. The summed E-state index contributed by atoms with van der Waals surface area (Å²) in [7, 11) is 4.32. The standard InChI is InChI=1S/C20H32N4O2/c1-24(2)20(10-5-3-4-6-11-20)15-22-19(21)23-16-8-9-17-18(14-16)26-13-7-12-25-17/h8-9,14H,3-7,10-13,15H2,1-2H3,(H3,21,22,23). The van der Waals surface area contributed by atoms with Crippen LogP contribution in [0.3, 0.4) is 0 Å². The number of ether oxygens (including phenoxy) is 2. The molecule has 1 heterocycles. The Bertz CT molecular complexity index is 622. The molecule has 6 heteroatoms. The lowest BCUT2D eigenvalue weighted by molar-refractivity contribution is 0.139. The molecule has 26 heavy (non-hydrogen) atoms. The first-order valence-corrected chi connectivity index (χ1v) is 9.73. The Morgan fingerprint density at radius 1 is 1.08 bits per heavy atom. The van der Waals surface area contributed by atoms with Gasteiger partial charge < -0.3 is 25.4 Å². The van der Waals surface area contributed by atoms with Crippen LogP contribution in [0.25, 0.3) is 0 Å². The minimum Gasteiger partial charge on any atom is -0.490 e. The van der Waals surface area contributed by atoms with Crippen LogP contribution in [0.2, 0.25) is 0 Å². The number of nitrogens with two attached hydrogens (primary N) is 1. The molecular weight excluding hydrogens is 328 g/mol. The third-order valence-electron chi connectivity index (χ3n) is 5.55. The maximum atomic E-state index is 6.18. The number of anilines is 1. The van der Waals surface area contributed by atoms with Crippen molar-refractivity contribution in [1.29, 1.82) is 0 Å². The van der Waals surface area contributed by atoms with Gasteiger partial charge in [-0.05, 0) is 39.1 Å². The quantitative estimate of drug-likeness (QED) is 0.490. The Balaban J connectivity index is 1.66. The normalized spacial score (nSPS) is 20.3. The summed E-state index contributed by atoms with van der Waals surface area (Å²) in [6, 6.07) is 5.79. The molecule has 3 rings (SSSR count). The van der Waals surface area contributed by atoms with E-state index < -0.39 is 0 Å². The summed E-state index contributed by atoms with van der Waals surface area (Å²) in [6.07, 6.45) is 8.44. The third-order valence-corrected chi connectivity index (χ3v) is 5.55. The van der Waals surface area contributed by atoms with Crippen LogP contribution in [0.15, 0.2) is 23.2 Å². The van der Waals surface area contributed by atoms with Gasteiger partial charge >= 0.3 is 0 Å². The number of nitrogens with zero attached hydrogens (tertiary/aromatic N) is 2. The maximum Gasteiger partial charge on any atom is 0.193 e. The molecule has 1 aliphatic heterocycles. The first-order valence-electron chi connectivity index (χ1n) is 9.73. The van der Waals surface area contributed by atoms with E-state index in [2.05, 4.69) is 29.3 Å². The molecule has 0 radical (unpaired) electrons. The number of fused-ring (bicyclic) bond motifs is 1. The maximum absolute atomic E-state index is 6.18. The lowest BCUT2D eigenvalue weighted by Crippen LogP contribution is -2.47. The van der Waals surface area contributed by atoms with Gasteiger partial charge in [-0.15, -0.1) is 0 Å². The van der Waals surface area contributed by atoms with Crippen molar-refractivity contribution in [2.75, 3.05) is 39.2 Å². The van der Waals surface area contributed by atoms with Crippen molar-refractivity contribution in [1.82, 2.24) is 4.90 Å². The third kappa shape index (κ3) is 4.61. The van der Waals surface area contributed by atoms with Crippen LogP contribution in [-0.2, 0) is 0 Å². The highest BCUT2D eigenvalue weighted by atomic mass is 16.5. The van der Waals surface area contributed by atoms with Crippen LogP contribution >= 0.6 is 0 Å². The minimum atomic E-state index is 0.119. The Labute approximate surface area is 156 Å². The van der Waals surface area contributed by atoms with Gasteiger partial charge in [0.05, 0.1) is 19.8 Å². The van der Waals surface area contributed by atoms with Crippen LogP contribution in [0.5, 0.6) is 11.5 Å². The number of hydrogen-bond donors (Lipinski definition) is 2. The van der Waals surface area contributed by atoms with E-state index in [1.807, 2.05) is 18.2 Å². The van der Waals surface area contributed by atoms with Crippen LogP contribution in [0, 0.1) is 0 Å². The van der Waals surface area contributed by atoms with Crippen molar-refractivity contribution in [2.45, 2.75) is 50.5 Å². The highest BCUT2D eigenvalue weighted by Crippen LogP contribution is 2.33. The molecule has 1 saturated carbocycles. The van der Waals surface area contributed by atoms with Crippen molar-refractivity contribution in [2.24, 2.45) is 10.7 Å². The summed E-state index contributed by atoms with van der Waals surface area (Å²) in [4.78, 5) is 7.01. The van der Waals surface area contributed by atoms with Crippen LogP contribution in [0.1, 0.15) is 44.9 Å². The second-order valence-electron chi connectivity index (χ2n) is 7.57. The van der Waals surface area contributed by atoms with Crippen molar-refractivity contribution in [3.8, 4) is 11.5 Å². The number of likely N-dealkylation sites (N-methyl/N-ethyl adjacent to an activating group) is 1. The van der Waals surface area contributed by atoms with Crippen molar-refractivity contribution in [3.63, 3.8) is 0 Å². The fraction of sp³-hybridized carbons (Fsp3) is 0.650. The molecule has 1 aromatic rings. The van der Waals surface area contributed by atoms with E-state index in [9.17, 15) is 0 Å². The Hall–Kier alpha value is -1.95. The van der Waals surface area contributed by atoms with E-state index in [0.717, 1.165) is 30.2 Å². The van der Waals surface area contributed by atoms with Gasteiger partial charge in [-0.3, -0.25) is 4.99 Å². The molecule has 3 N–H and O–H groups in total. The van der Waals surface area contributed by atoms with E-state index >= 15 is 0 Å². The van der Waals surface area contributed by atoms with Crippen molar-refractivity contribution in [3.05, 3.63) is 18.2 Å².